The van der Waals surface area contributed by atoms with Gasteiger partial charge in [-0.25, -0.2) is 0 Å². The van der Waals surface area contributed by atoms with E-state index in [0.29, 0.717) is 5.41 Å². The first-order valence-corrected chi connectivity index (χ1v) is 11.1. The summed E-state index contributed by atoms with van der Waals surface area (Å²) in [6.07, 6.45) is 9.15. The maximum absolute atomic E-state index is 2.50. The van der Waals surface area contributed by atoms with Gasteiger partial charge in [0.2, 0.25) is 0 Å². The van der Waals surface area contributed by atoms with E-state index >= 15 is 0 Å². The standard InChI is InChI=1S/C18H26Si/c1-19(2)17-5-3-16(4-6-17)18-10-13-7-14(11-18)9-15(8-13)12-18/h3-6,13-15,19H,7-12H2,1-2H3. The van der Waals surface area contributed by atoms with Gasteiger partial charge in [0, 0.05) is 0 Å². The largest absolute Gasteiger partial charge is 0.0682 e. The van der Waals surface area contributed by atoms with Gasteiger partial charge in [-0.15, -0.1) is 0 Å². The molecule has 102 valence electrons. The molecule has 0 saturated heterocycles. The van der Waals surface area contributed by atoms with Gasteiger partial charge in [-0.2, -0.15) is 0 Å². The molecule has 4 saturated carbocycles. The second-order valence-electron chi connectivity index (χ2n) is 7.97. The highest BCUT2D eigenvalue weighted by molar-refractivity contribution is 6.70. The summed E-state index contributed by atoms with van der Waals surface area (Å²) >= 11 is 0. The molecule has 0 amide bonds. The van der Waals surface area contributed by atoms with Crippen molar-refractivity contribution in [2.45, 2.75) is 57.0 Å². The Morgan fingerprint density at radius 2 is 1.32 bits per heavy atom. The van der Waals surface area contributed by atoms with Crippen LogP contribution in [0.5, 0.6) is 0 Å². The third kappa shape index (κ3) is 1.93. The van der Waals surface area contributed by atoms with Crippen LogP contribution in [0.15, 0.2) is 24.3 Å². The molecule has 0 spiro atoms. The van der Waals surface area contributed by atoms with Gasteiger partial charge in [-0.3, -0.25) is 0 Å². The summed E-state index contributed by atoms with van der Waals surface area (Å²) in [6.45, 7) is 4.86. The van der Waals surface area contributed by atoms with Crippen LogP contribution in [0.4, 0.5) is 0 Å². The highest BCUT2D eigenvalue weighted by Crippen LogP contribution is 2.60. The van der Waals surface area contributed by atoms with Crippen LogP contribution < -0.4 is 5.19 Å². The molecule has 5 rings (SSSR count). The Hall–Kier alpha value is -0.563. The topological polar surface area (TPSA) is 0 Å². The van der Waals surface area contributed by atoms with Crippen LogP contribution in [0.25, 0.3) is 0 Å². The average molecular weight is 270 g/mol. The first-order valence-electron chi connectivity index (χ1n) is 8.25. The van der Waals surface area contributed by atoms with Gasteiger partial charge in [-0.05, 0) is 67.3 Å². The van der Waals surface area contributed by atoms with E-state index in [1.165, 1.54) is 19.3 Å². The van der Waals surface area contributed by atoms with E-state index in [0.717, 1.165) is 17.8 Å². The predicted molar refractivity (Wildman–Crippen MR) is 84.8 cm³/mol. The maximum atomic E-state index is 2.50. The van der Waals surface area contributed by atoms with Crippen LogP contribution in [0, 0.1) is 17.8 Å². The van der Waals surface area contributed by atoms with Crippen molar-refractivity contribution < 1.29 is 0 Å². The third-order valence-electron chi connectivity index (χ3n) is 6.23. The molecule has 1 aromatic rings. The molecule has 0 unspecified atom stereocenters. The van der Waals surface area contributed by atoms with E-state index in [-0.39, 0.29) is 0 Å². The average Bonchev–Trinajstić information content (AvgIpc) is 2.37. The van der Waals surface area contributed by atoms with E-state index in [2.05, 4.69) is 37.4 Å². The molecule has 1 aromatic carbocycles. The minimum atomic E-state index is -0.626. The van der Waals surface area contributed by atoms with Gasteiger partial charge >= 0.3 is 0 Å². The van der Waals surface area contributed by atoms with Gasteiger partial charge in [0.1, 0.15) is 0 Å². The SMILES string of the molecule is C[SiH](C)c1ccc(C23CC4CC(CC(C4)C2)C3)cc1. The lowest BCUT2D eigenvalue weighted by atomic mass is 9.48. The molecule has 4 aliphatic rings. The minimum Gasteiger partial charge on any atom is -0.0682 e. The zero-order valence-corrected chi connectivity index (χ0v) is 13.5. The van der Waals surface area contributed by atoms with Crippen LogP contribution in [0.2, 0.25) is 13.1 Å². The molecule has 0 aromatic heterocycles. The number of benzene rings is 1. The molecule has 4 fully saturated rings. The van der Waals surface area contributed by atoms with Crippen molar-refractivity contribution in [3.8, 4) is 0 Å². The Morgan fingerprint density at radius 1 is 0.842 bits per heavy atom. The normalized spacial score (nSPS) is 40.1. The molecule has 4 bridgehead atoms. The zero-order chi connectivity index (χ0) is 13.0. The molecule has 19 heavy (non-hydrogen) atoms. The third-order valence-corrected chi connectivity index (χ3v) is 7.95. The lowest BCUT2D eigenvalue weighted by molar-refractivity contribution is -0.00517. The monoisotopic (exact) mass is 270 g/mol. The predicted octanol–water partition coefficient (Wildman–Crippen LogP) is 3.85. The molecule has 0 atom stereocenters. The quantitative estimate of drug-likeness (QED) is 0.716. The fourth-order valence-electron chi connectivity index (χ4n) is 5.69. The van der Waals surface area contributed by atoms with E-state index in [1.54, 1.807) is 30.0 Å². The lowest BCUT2D eigenvalue weighted by Crippen LogP contribution is -2.48. The van der Waals surface area contributed by atoms with E-state index in [4.69, 9.17) is 0 Å². The van der Waals surface area contributed by atoms with Gasteiger partial charge < -0.3 is 0 Å². The lowest BCUT2D eigenvalue weighted by Gasteiger charge is -2.57. The molecular formula is C18H26Si. The summed E-state index contributed by atoms with van der Waals surface area (Å²) < 4.78 is 0. The highest BCUT2D eigenvalue weighted by atomic mass is 28.3. The van der Waals surface area contributed by atoms with Gasteiger partial charge in [0.05, 0.1) is 8.80 Å². The summed E-state index contributed by atoms with van der Waals surface area (Å²) in [4.78, 5) is 0. The molecule has 4 aliphatic carbocycles. The Balaban J connectivity index is 1.67. The minimum absolute atomic E-state index is 0.589. The van der Waals surface area contributed by atoms with E-state index < -0.39 is 8.80 Å². The number of hydrogen-bond donors (Lipinski definition) is 0. The second-order valence-corrected chi connectivity index (χ2v) is 11.0. The summed E-state index contributed by atoms with van der Waals surface area (Å²) in [5, 5.41) is 1.63. The van der Waals surface area contributed by atoms with Gasteiger partial charge in [-0.1, -0.05) is 42.5 Å². The first kappa shape index (κ1) is 12.2. The van der Waals surface area contributed by atoms with Crippen molar-refractivity contribution in [2.75, 3.05) is 0 Å². The molecule has 0 radical (unpaired) electrons. The smallest absolute Gasteiger partial charge is 0.0647 e. The Labute approximate surface area is 119 Å². The van der Waals surface area contributed by atoms with Crippen molar-refractivity contribution in [2.24, 2.45) is 17.8 Å². The fraction of sp³-hybridized carbons (Fsp3) is 0.667. The summed E-state index contributed by atoms with van der Waals surface area (Å²) in [5.74, 6) is 3.18. The van der Waals surface area contributed by atoms with Crippen molar-refractivity contribution in [3.05, 3.63) is 29.8 Å². The first-order chi connectivity index (χ1) is 9.14. The van der Waals surface area contributed by atoms with Crippen molar-refractivity contribution >= 4 is 14.0 Å². The number of rotatable bonds is 2. The Morgan fingerprint density at radius 3 is 1.74 bits per heavy atom. The van der Waals surface area contributed by atoms with Gasteiger partial charge in [0.25, 0.3) is 0 Å². The molecule has 1 heteroatoms. The van der Waals surface area contributed by atoms with Crippen LogP contribution in [-0.4, -0.2) is 8.80 Å². The van der Waals surface area contributed by atoms with Crippen LogP contribution in [-0.2, 0) is 5.41 Å². The van der Waals surface area contributed by atoms with E-state index in [1.807, 2.05) is 0 Å². The van der Waals surface area contributed by atoms with Crippen LogP contribution in [0.1, 0.15) is 44.1 Å². The molecule has 0 N–H and O–H groups in total. The summed E-state index contributed by atoms with van der Waals surface area (Å²) in [5.41, 5.74) is 2.27. The Kier molecular flexibility index (Phi) is 2.71. The van der Waals surface area contributed by atoms with Crippen LogP contribution in [0.3, 0.4) is 0 Å². The molecular weight excluding hydrogens is 244 g/mol. The van der Waals surface area contributed by atoms with Crippen molar-refractivity contribution in [1.29, 1.82) is 0 Å². The van der Waals surface area contributed by atoms with Crippen LogP contribution >= 0.6 is 0 Å². The maximum Gasteiger partial charge on any atom is 0.0647 e. The molecule has 0 heterocycles. The summed E-state index contributed by atoms with van der Waals surface area (Å²) in [7, 11) is -0.626. The highest BCUT2D eigenvalue weighted by Gasteiger charge is 2.51. The van der Waals surface area contributed by atoms with Crippen molar-refractivity contribution in [3.63, 3.8) is 0 Å². The zero-order valence-electron chi connectivity index (χ0n) is 12.4. The van der Waals surface area contributed by atoms with E-state index in [9.17, 15) is 0 Å². The molecule has 0 aliphatic heterocycles. The molecule has 0 nitrogen and oxygen atoms in total. The van der Waals surface area contributed by atoms with Gasteiger partial charge in [0.15, 0.2) is 0 Å². The second kappa shape index (κ2) is 4.21. The fourth-order valence-corrected chi connectivity index (χ4v) is 6.65. The van der Waals surface area contributed by atoms with Crippen molar-refractivity contribution in [1.82, 2.24) is 0 Å². The number of hydrogen-bond acceptors (Lipinski definition) is 0. The summed E-state index contributed by atoms with van der Waals surface area (Å²) in [6, 6.07) is 9.89. The Bertz CT molecular complexity index is 436.